The Morgan fingerprint density at radius 3 is 2.57 bits per heavy atom. The molecule has 110 valence electrons. The minimum atomic E-state index is -1.12. The lowest BCUT2D eigenvalue weighted by Gasteiger charge is -2.18. The molecule has 1 atom stereocenters. The highest BCUT2D eigenvalue weighted by atomic mass is 19.1. The van der Waals surface area contributed by atoms with Crippen LogP contribution in [0, 0.1) is 12.7 Å². The highest BCUT2D eigenvalue weighted by Gasteiger charge is 2.14. The number of rotatable bonds is 4. The van der Waals surface area contributed by atoms with Crippen LogP contribution in [0.2, 0.25) is 0 Å². The van der Waals surface area contributed by atoms with E-state index in [1.807, 2.05) is 13.0 Å². The molecule has 2 aromatic rings. The maximum atomic E-state index is 13.8. The zero-order valence-electron chi connectivity index (χ0n) is 11.7. The summed E-state index contributed by atoms with van der Waals surface area (Å²) < 4.78 is 13.8. The molecule has 0 heterocycles. The van der Waals surface area contributed by atoms with E-state index in [0.29, 0.717) is 5.56 Å². The molecular formula is C16H16FNO3. The number of carboxylic acids is 1. The number of hydrogen-bond donors (Lipinski definition) is 3. The summed E-state index contributed by atoms with van der Waals surface area (Å²) in [6, 6.07) is 8.39. The molecule has 21 heavy (non-hydrogen) atoms. The molecule has 0 aliphatic heterocycles. The molecule has 0 saturated carbocycles. The maximum absolute atomic E-state index is 13.8. The number of aromatic carboxylic acids is 1. The number of carbonyl (C=O) groups is 1. The number of aryl methyl sites for hydroxylation is 1. The highest BCUT2D eigenvalue weighted by molar-refractivity contribution is 5.88. The second kappa shape index (κ2) is 5.83. The fourth-order valence-corrected chi connectivity index (χ4v) is 2.10. The average Bonchev–Trinajstić information content (AvgIpc) is 2.40. The highest BCUT2D eigenvalue weighted by Crippen LogP contribution is 2.29. The second-order valence-corrected chi connectivity index (χ2v) is 4.93. The van der Waals surface area contributed by atoms with E-state index in [1.54, 1.807) is 19.1 Å². The smallest absolute Gasteiger partial charge is 0.335 e. The molecule has 2 aromatic carbocycles. The van der Waals surface area contributed by atoms with E-state index >= 15 is 0 Å². The Kier molecular flexibility index (Phi) is 4.12. The first-order valence-electron chi connectivity index (χ1n) is 6.47. The minimum absolute atomic E-state index is 0.000715. The van der Waals surface area contributed by atoms with Gasteiger partial charge in [0.25, 0.3) is 0 Å². The third-order valence-electron chi connectivity index (χ3n) is 3.24. The summed E-state index contributed by atoms with van der Waals surface area (Å²) >= 11 is 0. The molecule has 0 aromatic heterocycles. The van der Waals surface area contributed by atoms with Crippen molar-refractivity contribution in [1.82, 2.24) is 0 Å². The molecule has 0 fully saturated rings. The summed E-state index contributed by atoms with van der Waals surface area (Å²) in [6.45, 7) is 3.62. The van der Waals surface area contributed by atoms with Gasteiger partial charge in [-0.25, -0.2) is 9.18 Å². The fraction of sp³-hybridized carbons (Fsp3) is 0.188. The van der Waals surface area contributed by atoms with Crippen LogP contribution in [0.1, 0.15) is 34.5 Å². The predicted molar refractivity (Wildman–Crippen MR) is 78.2 cm³/mol. The van der Waals surface area contributed by atoms with Gasteiger partial charge < -0.3 is 15.5 Å². The van der Waals surface area contributed by atoms with Crippen LogP contribution in [0.25, 0.3) is 0 Å². The van der Waals surface area contributed by atoms with Crippen molar-refractivity contribution in [3.63, 3.8) is 0 Å². The number of halogens is 1. The third kappa shape index (κ3) is 3.31. The van der Waals surface area contributed by atoms with Crippen LogP contribution in [0.5, 0.6) is 5.75 Å². The van der Waals surface area contributed by atoms with Gasteiger partial charge in [0, 0.05) is 5.56 Å². The van der Waals surface area contributed by atoms with Gasteiger partial charge in [-0.1, -0.05) is 12.1 Å². The molecule has 0 aliphatic rings. The van der Waals surface area contributed by atoms with Crippen LogP contribution in [0.3, 0.4) is 0 Å². The van der Waals surface area contributed by atoms with E-state index in [-0.39, 0.29) is 23.0 Å². The van der Waals surface area contributed by atoms with Gasteiger partial charge in [-0.15, -0.1) is 0 Å². The van der Waals surface area contributed by atoms with Crippen molar-refractivity contribution in [3.8, 4) is 5.75 Å². The monoisotopic (exact) mass is 289 g/mol. The summed E-state index contributed by atoms with van der Waals surface area (Å²) in [5, 5.41) is 21.7. The van der Waals surface area contributed by atoms with Crippen LogP contribution < -0.4 is 5.32 Å². The van der Waals surface area contributed by atoms with E-state index in [1.165, 1.54) is 12.1 Å². The largest absolute Gasteiger partial charge is 0.508 e. The molecule has 0 saturated heterocycles. The number of phenolic OH excluding ortho intramolecular Hbond substituents is 1. The third-order valence-corrected chi connectivity index (χ3v) is 3.24. The van der Waals surface area contributed by atoms with Crippen LogP contribution in [0.4, 0.5) is 10.1 Å². The van der Waals surface area contributed by atoms with E-state index in [2.05, 4.69) is 5.32 Å². The molecule has 5 heteroatoms. The Morgan fingerprint density at radius 2 is 1.95 bits per heavy atom. The van der Waals surface area contributed by atoms with Gasteiger partial charge in [0.15, 0.2) is 0 Å². The first-order valence-corrected chi connectivity index (χ1v) is 6.47. The van der Waals surface area contributed by atoms with Crippen molar-refractivity contribution in [3.05, 3.63) is 58.9 Å². The number of anilines is 1. The van der Waals surface area contributed by atoms with Gasteiger partial charge in [0.05, 0.1) is 17.3 Å². The van der Waals surface area contributed by atoms with Gasteiger partial charge in [-0.05, 0) is 43.7 Å². The number of benzene rings is 2. The van der Waals surface area contributed by atoms with Crippen molar-refractivity contribution < 1.29 is 19.4 Å². The lowest BCUT2D eigenvalue weighted by Crippen LogP contribution is -2.09. The summed E-state index contributed by atoms with van der Waals surface area (Å²) in [5.74, 6) is -1.55. The first kappa shape index (κ1) is 14.8. The van der Waals surface area contributed by atoms with Crippen molar-refractivity contribution in [2.24, 2.45) is 0 Å². The quantitative estimate of drug-likeness (QED) is 0.802. The summed E-state index contributed by atoms with van der Waals surface area (Å²) in [5.41, 5.74) is 1.62. The Labute approximate surface area is 121 Å². The Hall–Kier alpha value is -2.56. The Bertz CT molecular complexity index is 685. The second-order valence-electron chi connectivity index (χ2n) is 4.93. The van der Waals surface area contributed by atoms with Crippen LogP contribution in [-0.2, 0) is 0 Å². The van der Waals surface area contributed by atoms with Crippen LogP contribution in [0.15, 0.2) is 36.4 Å². The number of carboxylic acid groups (broad SMARTS) is 1. The average molecular weight is 289 g/mol. The van der Waals surface area contributed by atoms with Crippen molar-refractivity contribution >= 4 is 11.7 Å². The molecule has 1 unspecified atom stereocenters. The van der Waals surface area contributed by atoms with Crippen molar-refractivity contribution in [1.29, 1.82) is 0 Å². The van der Waals surface area contributed by atoms with Crippen LogP contribution >= 0.6 is 0 Å². The molecule has 2 rings (SSSR count). The summed E-state index contributed by atoms with van der Waals surface area (Å²) in [7, 11) is 0. The standard InChI is InChI=1S/C16H16FNO3/c1-9-3-5-12(15(19)7-9)10(2)18-14-8-11(16(20)21)4-6-13(14)17/h3-8,10,18-19H,1-2H3,(H,20,21). The fourth-order valence-electron chi connectivity index (χ4n) is 2.10. The molecular weight excluding hydrogens is 273 g/mol. The summed E-state index contributed by atoms with van der Waals surface area (Å²) in [4.78, 5) is 10.9. The zero-order valence-corrected chi connectivity index (χ0v) is 11.7. The molecule has 0 bridgehead atoms. The van der Waals surface area contributed by atoms with E-state index in [4.69, 9.17) is 5.11 Å². The minimum Gasteiger partial charge on any atom is -0.508 e. The van der Waals surface area contributed by atoms with Gasteiger partial charge in [0.1, 0.15) is 11.6 Å². The Morgan fingerprint density at radius 1 is 1.24 bits per heavy atom. The number of hydrogen-bond acceptors (Lipinski definition) is 3. The number of aromatic hydroxyl groups is 1. The van der Waals surface area contributed by atoms with Gasteiger partial charge in [-0.2, -0.15) is 0 Å². The van der Waals surface area contributed by atoms with Crippen molar-refractivity contribution in [2.45, 2.75) is 19.9 Å². The number of nitrogens with one attached hydrogen (secondary N) is 1. The van der Waals surface area contributed by atoms with E-state index in [9.17, 15) is 14.3 Å². The lowest BCUT2D eigenvalue weighted by molar-refractivity contribution is 0.0697. The molecule has 0 spiro atoms. The predicted octanol–water partition coefficient (Wildman–Crippen LogP) is 3.71. The van der Waals surface area contributed by atoms with Gasteiger partial charge >= 0.3 is 5.97 Å². The normalized spacial score (nSPS) is 12.0. The van der Waals surface area contributed by atoms with Crippen molar-refractivity contribution in [2.75, 3.05) is 5.32 Å². The number of phenols is 1. The summed E-state index contributed by atoms with van der Waals surface area (Å²) in [6.07, 6.45) is 0. The lowest BCUT2D eigenvalue weighted by atomic mass is 10.0. The molecule has 0 aliphatic carbocycles. The van der Waals surface area contributed by atoms with Crippen LogP contribution in [-0.4, -0.2) is 16.2 Å². The van der Waals surface area contributed by atoms with Gasteiger partial charge in [0.2, 0.25) is 0 Å². The SMILES string of the molecule is Cc1ccc(C(C)Nc2cc(C(=O)O)ccc2F)c(O)c1. The van der Waals surface area contributed by atoms with Gasteiger partial charge in [-0.3, -0.25) is 0 Å². The molecule has 3 N–H and O–H groups in total. The maximum Gasteiger partial charge on any atom is 0.335 e. The Balaban J connectivity index is 2.28. The van der Waals surface area contributed by atoms with E-state index in [0.717, 1.165) is 11.6 Å². The zero-order chi connectivity index (χ0) is 15.6. The topological polar surface area (TPSA) is 69.6 Å². The molecule has 4 nitrogen and oxygen atoms in total. The first-order chi connectivity index (χ1) is 9.88. The molecule has 0 radical (unpaired) electrons. The molecule has 0 amide bonds. The van der Waals surface area contributed by atoms with E-state index < -0.39 is 11.8 Å².